The number of ether oxygens (including phenoxy) is 7. The zero-order valence-corrected chi connectivity index (χ0v) is 34.9. The smallest absolute Gasteiger partial charge is 0.324 e. The lowest BCUT2D eigenvalue weighted by Gasteiger charge is -2.41. The topological polar surface area (TPSA) is 161 Å². The number of hydrogen-bond donors (Lipinski definition) is 1. The minimum absolute atomic E-state index is 0.128. The molecule has 0 aromatic rings. The fraction of sp³-hybridized carbons (Fsp3) is 0.895. The molecule has 3 aliphatic heterocycles. The number of carbonyl (C=O) groups excluding carboxylic acids is 2. The lowest BCUT2D eigenvalue weighted by molar-refractivity contribution is -0.286. The van der Waals surface area contributed by atoms with Crippen LogP contribution < -0.4 is 0 Å². The Kier molecular flexibility index (Phi) is 18.8. The number of hydrogen-bond acceptors (Lipinski definition) is 12. The first-order valence-corrected chi connectivity index (χ1v) is 19.8. The Labute approximate surface area is 326 Å². The highest BCUT2D eigenvalue weighted by molar-refractivity contribution is 6.40. The first kappa shape index (κ1) is 47.5. The van der Waals surface area contributed by atoms with E-state index in [-0.39, 0.29) is 45.0 Å². The third kappa shape index (κ3) is 16.5. The predicted octanol–water partition coefficient (Wildman–Crippen LogP) is 7.74. The van der Waals surface area contributed by atoms with Gasteiger partial charge in [-0.25, -0.2) is 9.98 Å². The molecule has 2 aliphatic carbocycles. The Morgan fingerprint density at radius 3 is 1.09 bits per heavy atom. The lowest BCUT2D eigenvalue weighted by Crippen LogP contribution is -2.53. The summed E-state index contributed by atoms with van der Waals surface area (Å²) in [5.74, 6) is -4.33. The first-order valence-electron chi connectivity index (χ1n) is 18.7. The molecule has 1 N–H and O–H groups in total. The van der Waals surface area contributed by atoms with Gasteiger partial charge in [0, 0.05) is 0 Å². The van der Waals surface area contributed by atoms with Crippen LogP contribution >= 0.6 is 23.2 Å². The van der Waals surface area contributed by atoms with Gasteiger partial charge in [-0.05, 0) is 88.0 Å². The van der Waals surface area contributed by atoms with E-state index in [1.165, 1.54) is 64.2 Å². The number of rotatable bonds is 5. The highest BCUT2D eigenvalue weighted by Gasteiger charge is 2.49. The normalized spacial score (nSPS) is 25.4. The summed E-state index contributed by atoms with van der Waals surface area (Å²) in [6.07, 6.45) is 13.2. The molecule has 306 valence electrons. The van der Waals surface area contributed by atoms with E-state index in [2.05, 4.69) is 16.0 Å². The molecular weight excluding hydrogens is 731 g/mol. The van der Waals surface area contributed by atoms with Crippen LogP contribution in [0.2, 0.25) is 0 Å². The van der Waals surface area contributed by atoms with Crippen LogP contribution in [0.15, 0.2) is 9.98 Å². The number of esters is 2. The molecule has 0 aromatic carbocycles. The molecule has 0 bridgehead atoms. The van der Waals surface area contributed by atoms with E-state index in [1.54, 1.807) is 62.3 Å². The highest BCUT2D eigenvalue weighted by Crippen LogP contribution is 2.34. The predicted molar refractivity (Wildman–Crippen MR) is 201 cm³/mol. The first-order chi connectivity index (χ1) is 24.6. The van der Waals surface area contributed by atoms with Gasteiger partial charge in [-0.1, -0.05) is 38.5 Å². The molecular formula is C38H64Cl2N2O11. The molecule has 0 unspecified atom stereocenters. The number of aliphatic carboxylic acids is 1. The van der Waals surface area contributed by atoms with Gasteiger partial charge in [0.2, 0.25) is 0 Å². The van der Waals surface area contributed by atoms with Crippen molar-refractivity contribution in [3.63, 3.8) is 0 Å². The zero-order valence-electron chi connectivity index (χ0n) is 33.4. The minimum Gasteiger partial charge on any atom is -0.481 e. The molecule has 0 spiro atoms. The molecule has 3 saturated heterocycles. The third-order valence-corrected chi connectivity index (χ3v) is 9.75. The molecule has 13 nitrogen and oxygen atoms in total. The summed E-state index contributed by atoms with van der Waals surface area (Å²) in [4.78, 5) is 44.4. The summed E-state index contributed by atoms with van der Waals surface area (Å²) in [5.41, 5.74) is -2.93. The molecule has 2 saturated carbocycles. The van der Waals surface area contributed by atoms with Gasteiger partial charge in [0.05, 0.1) is 63.1 Å². The molecule has 0 aromatic heterocycles. The van der Waals surface area contributed by atoms with Crippen LogP contribution in [0.4, 0.5) is 0 Å². The number of carboxylic acids is 1. The van der Waals surface area contributed by atoms with Crippen molar-refractivity contribution in [2.24, 2.45) is 26.2 Å². The maximum Gasteiger partial charge on any atom is 0.324 e. The Balaban J connectivity index is 0.000000280. The van der Waals surface area contributed by atoms with E-state index in [0.717, 1.165) is 0 Å². The van der Waals surface area contributed by atoms with Gasteiger partial charge in [0.25, 0.3) is 0 Å². The van der Waals surface area contributed by atoms with E-state index >= 15 is 0 Å². The fourth-order valence-corrected chi connectivity index (χ4v) is 5.56. The van der Waals surface area contributed by atoms with Gasteiger partial charge in [-0.3, -0.25) is 14.4 Å². The Bertz CT molecular complexity index is 1140. The van der Waals surface area contributed by atoms with Crippen molar-refractivity contribution in [3.05, 3.63) is 0 Å². The van der Waals surface area contributed by atoms with Crippen LogP contribution in [0, 0.1) is 16.2 Å². The number of carbonyl (C=O) groups is 3. The molecule has 5 rings (SSSR count). The van der Waals surface area contributed by atoms with E-state index in [4.69, 9.17) is 61.5 Å². The van der Waals surface area contributed by atoms with Gasteiger partial charge in [0.1, 0.15) is 16.2 Å². The minimum atomic E-state index is -1.02. The van der Waals surface area contributed by atoms with Crippen LogP contribution in [0.1, 0.15) is 127 Å². The van der Waals surface area contributed by atoms with Crippen LogP contribution in [-0.2, 0) is 47.5 Å². The molecule has 0 radical (unpaired) electrons. The van der Waals surface area contributed by atoms with Crippen molar-refractivity contribution >= 4 is 47.1 Å². The summed E-state index contributed by atoms with van der Waals surface area (Å²) in [6, 6.07) is 4.04. The number of nitrogens with zero attached hydrogens (tertiary/aromatic N) is 2. The second kappa shape index (κ2) is 21.0. The number of carboxylic acid groups (broad SMARTS) is 1. The molecule has 5 fully saturated rings. The lowest BCUT2D eigenvalue weighted by atomic mass is 9.90. The van der Waals surface area contributed by atoms with Crippen molar-refractivity contribution in [1.29, 1.82) is 0 Å². The van der Waals surface area contributed by atoms with Crippen molar-refractivity contribution in [2.45, 2.75) is 156 Å². The summed E-state index contributed by atoms with van der Waals surface area (Å²) >= 11 is 9.53. The molecule has 3 heterocycles. The Morgan fingerprint density at radius 2 is 0.830 bits per heavy atom. The van der Waals surface area contributed by atoms with Crippen molar-refractivity contribution in [1.82, 2.24) is 0 Å². The van der Waals surface area contributed by atoms with E-state index in [0.29, 0.717) is 12.1 Å². The van der Waals surface area contributed by atoms with Crippen LogP contribution in [0.5, 0.6) is 0 Å². The molecule has 53 heavy (non-hydrogen) atoms. The largest absolute Gasteiger partial charge is 0.481 e. The van der Waals surface area contributed by atoms with Crippen LogP contribution in [0.3, 0.4) is 0 Å². The van der Waals surface area contributed by atoms with E-state index < -0.39 is 51.5 Å². The summed E-state index contributed by atoms with van der Waals surface area (Å²) in [5, 5.41) is 9.00. The van der Waals surface area contributed by atoms with Crippen molar-refractivity contribution < 1.29 is 52.6 Å². The summed E-state index contributed by atoms with van der Waals surface area (Å²) in [6.45, 7) is 16.4. The highest BCUT2D eigenvalue weighted by atomic mass is 35.5. The van der Waals surface area contributed by atoms with Gasteiger partial charge in [0.15, 0.2) is 17.4 Å². The Hall–Kier alpha value is -1.67. The van der Waals surface area contributed by atoms with Gasteiger partial charge >= 0.3 is 17.9 Å². The number of alkyl halides is 2. The molecule has 5 aliphatic rings. The maximum atomic E-state index is 12.4. The standard InChI is InChI=1S/C16H26O7.C13H22N2.C8H14O4.CH2Cl2/c1-13(2)19-7-15(5,8-20-13)11(17)23-12(18)16(6)9-21-14(3,4)22-10-16;1-3-7-12(8-4-1)14-11-15-13-9-5-2-6-10-13;1-7(2)11-4-8(3,5-12-7)6(9)10;2-1-3/h7-10H2,1-6H3;12-13H,1-10H2;4-5H2,1-3H3,(H,9,10);1H2. The second-order valence-corrected chi connectivity index (χ2v) is 17.4. The van der Waals surface area contributed by atoms with E-state index in [1.807, 2.05) is 0 Å². The van der Waals surface area contributed by atoms with Gasteiger partial charge < -0.3 is 38.3 Å². The molecule has 15 heteroatoms. The van der Waals surface area contributed by atoms with Gasteiger partial charge in [-0.15, -0.1) is 23.2 Å². The quantitative estimate of drug-likeness (QED) is 0.125. The monoisotopic (exact) mass is 794 g/mol. The third-order valence-electron chi connectivity index (χ3n) is 9.75. The Morgan fingerprint density at radius 1 is 0.566 bits per heavy atom. The molecule has 0 atom stereocenters. The molecule has 0 amide bonds. The number of aliphatic imine (C=N–C) groups is 2. The van der Waals surface area contributed by atoms with E-state index in [9.17, 15) is 14.4 Å². The van der Waals surface area contributed by atoms with Crippen molar-refractivity contribution in [3.8, 4) is 0 Å². The van der Waals surface area contributed by atoms with Crippen LogP contribution in [0.25, 0.3) is 0 Å². The SMILES string of the molecule is C(=NC1CCCCC1)=NC1CCCCC1.CC1(C)OCC(C)(C(=O)O)CO1.CC1(C)OCC(C)(C(=O)OC(=O)C2(C)COC(C)(C)OC2)CO1.ClCCl. The average molecular weight is 796 g/mol. The second-order valence-electron chi connectivity index (χ2n) is 16.6. The summed E-state index contributed by atoms with van der Waals surface area (Å²) in [7, 11) is 0. The zero-order chi connectivity index (χ0) is 40.0. The van der Waals surface area contributed by atoms with Crippen LogP contribution in [-0.4, -0.2) is 103 Å². The average Bonchev–Trinajstić information content (AvgIpc) is 3.11. The fourth-order valence-electron chi connectivity index (χ4n) is 5.56. The van der Waals surface area contributed by atoms with Gasteiger partial charge in [-0.2, -0.15) is 0 Å². The maximum absolute atomic E-state index is 12.4. The van der Waals surface area contributed by atoms with Crippen molar-refractivity contribution in [2.75, 3.05) is 45.0 Å². The number of halogens is 2. The summed E-state index contributed by atoms with van der Waals surface area (Å²) < 4.78 is 37.5.